The molecule has 160 valence electrons. The van der Waals surface area contributed by atoms with E-state index in [4.69, 9.17) is 18.9 Å². The monoisotopic (exact) mass is 384 g/mol. The van der Waals surface area contributed by atoms with Crippen molar-refractivity contribution in [3.8, 4) is 0 Å². The number of hydrogen-bond donors (Lipinski definition) is 0. The molecule has 4 nitrogen and oxygen atoms in total. The smallest absolute Gasteiger partial charge is 0.163 e. The summed E-state index contributed by atoms with van der Waals surface area (Å²) in [4.78, 5) is 0. The average molecular weight is 385 g/mol. The Morgan fingerprint density at radius 2 is 1.63 bits per heavy atom. The van der Waals surface area contributed by atoms with Crippen molar-refractivity contribution < 1.29 is 18.9 Å². The van der Waals surface area contributed by atoms with E-state index >= 15 is 0 Å². The van der Waals surface area contributed by atoms with Gasteiger partial charge in [-0.15, -0.1) is 0 Å². The van der Waals surface area contributed by atoms with Gasteiger partial charge in [-0.2, -0.15) is 0 Å². The van der Waals surface area contributed by atoms with E-state index in [1.54, 1.807) is 7.11 Å². The molecular weight excluding hydrogens is 340 g/mol. The van der Waals surface area contributed by atoms with E-state index in [0.29, 0.717) is 19.8 Å². The molecule has 0 aromatic heterocycles. The summed E-state index contributed by atoms with van der Waals surface area (Å²) in [7, 11) is 1.73. The summed E-state index contributed by atoms with van der Waals surface area (Å²) in [5.41, 5.74) is 0. The van der Waals surface area contributed by atoms with Gasteiger partial charge in [0.25, 0.3) is 0 Å². The number of rotatable bonds is 17. The van der Waals surface area contributed by atoms with Crippen molar-refractivity contribution in [2.45, 2.75) is 109 Å². The van der Waals surface area contributed by atoms with Gasteiger partial charge in [0.05, 0.1) is 25.9 Å². The molecule has 0 radical (unpaired) electrons. The van der Waals surface area contributed by atoms with E-state index in [1.165, 1.54) is 64.2 Å². The van der Waals surface area contributed by atoms with Crippen molar-refractivity contribution in [1.82, 2.24) is 0 Å². The van der Waals surface area contributed by atoms with Crippen LogP contribution in [0.15, 0.2) is 12.2 Å². The third-order valence-electron chi connectivity index (χ3n) is 5.03. The summed E-state index contributed by atoms with van der Waals surface area (Å²) in [5, 5.41) is 0. The molecule has 0 aliphatic carbocycles. The molecule has 0 N–H and O–H groups in total. The molecule has 0 aromatic carbocycles. The summed E-state index contributed by atoms with van der Waals surface area (Å²) in [5.74, 6) is -0.483. The Morgan fingerprint density at radius 1 is 1.00 bits per heavy atom. The highest BCUT2D eigenvalue weighted by molar-refractivity contribution is 4.89. The second-order valence-corrected chi connectivity index (χ2v) is 8.16. The van der Waals surface area contributed by atoms with Gasteiger partial charge in [0.1, 0.15) is 6.10 Å². The van der Waals surface area contributed by atoms with Crippen molar-refractivity contribution in [3.05, 3.63) is 12.2 Å². The topological polar surface area (TPSA) is 36.9 Å². The molecule has 1 aliphatic rings. The summed E-state index contributed by atoms with van der Waals surface area (Å²) in [6.45, 7) is 7.85. The Morgan fingerprint density at radius 3 is 2.19 bits per heavy atom. The highest BCUT2D eigenvalue weighted by atomic mass is 16.7. The fourth-order valence-corrected chi connectivity index (χ4v) is 3.36. The summed E-state index contributed by atoms with van der Waals surface area (Å²) in [6, 6.07) is 0. The normalized spacial score (nSPS) is 20.5. The molecule has 0 saturated carbocycles. The van der Waals surface area contributed by atoms with Crippen LogP contribution in [-0.4, -0.2) is 44.9 Å². The lowest BCUT2D eigenvalue weighted by Gasteiger charge is -2.18. The van der Waals surface area contributed by atoms with Crippen LogP contribution in [0.4, 0.5) is 0 Å². The number of ether oxygens (including phenoxy) is 4. The Balaban J connectivity index is 1.93. The molecule has 1 aliphatic heterocycles. The summed E-state index contributed by atoms with van der Waals surface area (Å²) in [6.07, 6.45) is 19.3. The molecule has 0 aromatic rings. The van der Waals surface area contributed by atoms with Gasteiger partial charge in [0.2, 0.25) is 0 Å². The lowest BCUT2D eigenvalue weighted by atomic mass is 10.1. The van der Waals surface area contributed by atoms with Crippen LogP contribution in [-0.2, 0) is 18.9 Å². The van der Waals surface area contributed by atoms with Crippen molar-refractivity contribution in [2.75, 3.05) is 26.9 Å². The van der Waals surface area contributed by atoms with Crippen LogP contribution in [0, 0.1) is 0 Å². The molecule has 0 unspecified atom stereocenters. The van der Waals surface area contributed by atoms with E-state index in [9.17, 15) is 0 Å². The number of hydrogen-bond acceptors (Lipinski definition) is 4. The second-order valence-electron chi connectivity index (χ2n) is 8.16. The first-order chi connectivity index (χ1) is 13.1. The molecule has 0 bridgehead atoms. The second kappa shape index (κ2) is 15.5. The zero-order valence-corrected chi connectivity index (χ0v) is 18.3. The van der Waals surface area contributed by atoms with Crippen molar-refractivity contribution in [2.24, 2.45) is 0 Å². The molecule has 1 heterocycles. The third-order valence-corrected chi connectivity index (χ3v) is 5.03. The zero-order valence-electron chi connectivity index (χ0n) is 18.3. The Bertz CT molecular complexity index is 367. The lowest BCUT2D eigenvalue weighted by molar-refractivity contribution is -0.146. The summed E-state index contributed by atoms with van der Waals surface area (Å²) < 4.78 is 22.5. The number of methoxy groups -OCH3 is 1. The predicted molar refractivity (Wildman–Crippen MR) is 112 cm³/mol. The van der Waals surface area contributed by atoms with Gasteiger partial charge in [0.15, 0.2) is 5.79 Å². The first-order valence-electron chi connectivity index (χ1n) is 11.2. The van der Waals surface area contributed by atoms with Crippen molar-refractivity contribution in [1.29, 1.82) is 0 Å². The molecule has 27 heavy (non-hydrogen) atoms. The molecule has 2 atom stereocenters. The highest BCUT2D eigenvalue weighted by Crippen LogP contribution is 2.22. The fourth-order valence-electron chi connectivity index (χ4n) is 3.36. The van der Waals surface area contributed by atoms with E-state index in [0.717, 1.165) is 6.42 Å². The van der Waals surface area contributed by atoms with Gasteiger partial charge in [-0.25, -0.2) is 0 Å². The third kappa shape index (κ3) is 13.4. The summed E-state index contributed by atoms with van der Waals surface area (Å²) >= 11 is 0. The van der Waals surface area contributed by atoms with E-state index in [1.807, 2.05) is 13.8 Å². The predicted octanol–water partition coefficient (Wildman–Crippen LogP) is 6.04. The van der Waals surface area contributed by atoms with Gasteiger partial charge >= 0.3 is 0 Å². The Labute approximate surface area is 168 Å². The fraction of sp³-hybridized carbons (Fsp3) is 0.913. The van der Waals surface area contributed by atoms with Crippen molar-refractivity contribution >= 4 is 0 Å². The van der Waals surface area contributed by atoms with Gasteiger partial charge in [-0.1, -0.05) is 76.9 Å². The van der Waals surface area contributed by atoms with Gasteiger partial charge in [-0.05, 0) is 26.7 Å². The van der Waals surface area contributed by atoms with Crippen LogP contribution in [0.5, 0.6) is 0 Å². The molecule has 0 amide bonds. The Kier molecular flexibility index (Phi) is 14.1. The minimum Gasteiger partial charge on any atom is -0.376 e. The molecular formula is C23H44O4. The number of unbranched alkanes of at least 4 members (excludes halogenated alkanes) is 10. The standard InChI is InChI=1S/C23H44O4/c1-5-6-7-8-9-10-11-12-13-14-15-16-17-21(24-4)18-25-19-22-20-26-23(2,3)27-22/h16-17,21-22H,5-15,18-20H2,1-4H3/b17-16-/t21-,22-/m0/s1. The van der Waals surface area contributed by atoms with Crippen LogP contribution >= 0.6 is 0 Å². The molecule has 0 spiro atoms. The maximum Gasteiger partial charge on any atom is 0.163 e. The maximum absolute atomic E-state index is 5.74. The van der Waals surface area contributed by atoms with Crippen LogP contribution < -0.4 is 0 Å². The Hall–Kier alpha value is -0.420. The van der Waals surface area contributed by atoms with E-state index in [2.05, 4.69) is 19.1 Å². The number of allylic oxidation sites excluding steroid dienone is 1. The maximum atomic E-state index is 5.74. The van der Waals surface area contributed by atoms with Crippen LogP contribution in [0.1, 0.15) is 91.4 Å². The van der Waals surface area contributed by atoms with Crippen LogP contribution in [0.25, 0.3) is 0 Å². The minimum atomic E-state index is -0.483. The van der Waals surface area contributed by atoms with Crippen LogP contribution in [0.2, 0.25) is 0 Å². The molecule has 1 rings (SSSR count). The van der Waals surface area contributed by atoms with Gasteiger partial charge in [-0.3, -0.25) is 0 Å². The van der Waals surface area contributed by atoms with E-state index < -0.39 is 5.79 Å². The molecule has 1 saturated heterocycles. The zero-order chi connectivity index (χ0) is 19.8. The van der Waals surface area contributed by atoms with Gasteiger partial charge < -0.3 is 18.9 Å². The SMILES string of the molecule is CCCCCCCCCCCC/C=C\[C@@H](COC[C@H]1COC(C)(C)O1)OC. The lowest BCUT2D eigenvalue weighted by Crippen LogP contribution is -2.26. The molecule has 1 fully saturated rings. The molecule has 4 heteroatoms. The van der Waals surface area contributed by atoms with Crippen molar-refractivity contribution in [3.63, 3.8) is 0 Å². The first kappa shape index (κ1) is 24.6. The largest absolute Gasteiger partial charge is 0.376 e. The van der Waals surface area contributed by atoms with Crippen LogP contribution in [0.3, 0.4) is 0 Å². The van der Waals surface area contributed by atoms with E-state index in [-0.39, 0.29) is 12.2 Å². The first-order valence-corrected chi connectivity index (χ1v) is 11.2. The minimum absolute atomic E-state index is 0.0171. The quantitative estimate of drug-likeness (QED) is 0.226. The highest BCUT2D eigenvalue weighted by Gasteiger charge is 2.32. The average Bonchev–Trinajstić information content (AvgIpc) is 2.99. The van der Waals surface area contributed by atoms with Gasteiger partial charge in [0, 0.05) is 7.11 Å².